The van der Waals surface area contributed by atoms with Crippen LogP contribution < -0.4 is 5.32 Å². The van der Waals surface area contributed by atoms with E-state index < -0.39 is 0 Å². The van der Waals surface area contributed by atoms with E-state index in [-0.39, 0.29) is 0 Å². The minimum atomic E-state index is 0.468. The van der Waals surface area contributed by atoms with Crippen molar-refractivity contribution in [3.05, 3.63) is 34.9 Å². The topological polar surface area (TPSA) is 15.3 Å². The van der Waals surface area contributed by atoms with Gasteiger partial charge in [-0.1, -0.05) is 37.6 Å². The Balaban J connectivity index is 2.11. The standard InChI is InChI=1S/C19H32N2/c1-5-10-20-19(14-21-11-6-7-16(3)13-21)18-12-15(2)8-9-17(18)4/h8-9,12,16,19-20H,5-7,10-11,13-14H2,1-4H3. The molecule has 1 fully saturated rings. The minimum Gasteiger partial charge on any atom is -0.309 e. The van der Waals surface area contributed by atoms with Gasteiger partial charge in [-0.25, -0.2) is 0 Å². The molecule has 0 aliphatic carbocycles. The summed E-state index contributed by atoms with van der Waals surface area (Å²) in [6.07, 6.45) is 3.94. The number of hydrogen-bond donors (Lipinski definition) is 1. The summed E-state index contributed by atoms with van der Waals surface area (Å²) in [5.41, 5.74) is 4.27. The van der Waals surface area contributed by atoms with E-state index in [0.29, 0.717) is 6.04 Å². The molecule has 118 valence electrons. The molecule has 1 aromatic rings. The molecule has 2 atom stereocenters. The third-order valence-corrected chi connectivity index (χ3v) is 4.63. The molecule has 21 heavy (non-hydrogen) atoms. The smallest absolute Gasteiger partial charge is 0.0452 e. The fourth-order valence-corrected chi connectivity index (χ4v) is 3.44. The van der Waals surface area contributed by atoms with Crippen molar-refractivity contribution in [2.75, 3.05) is 26.2 Å². The largest absolute Gasteiger partial charge is 0.309 e. The second-order valence-electron chi connectivity index (χ2n) is 6.87. The summed E-state index contributed by atoms with van der Waals surface area (Å²) >= 11 is 0. The van der Waals surface area contributed by atoms with Gasteiger partial charge in [-0.3, -0.25) is 0 Å². The Kier molecular flexibility index (Phi) is 6.25. The van der Waals surface area contributed by atoms with E-state index in [1.807, 2.05) is 0 Å². The van der Waals surface area contributed by atoms with Gasteiger partial charge in [-0.15, -0.1) is 0 Å². The first-order chi connectivity index (χ1) is 10.1. The molecule has 2 unspecified atom stereocenters. The summed E-state index contributed by atoms with van der Waals surface area (Å²) in [4.78, 5) is 2.66. The van der Waals surface area contributed by atoms with Gasteiger partial charge in [-0.2, -0.15) is 0 Å². The number of aryl methyl sites for hydroxylation is 2. The van der Waals surface area contributed by atoms with Gasteiger partial charge in [0.25, 0.3) is 0 Å². The van der Waals surface area contributed by atoms with Crippen molar-refractivity contribution in [3.8, 4) is 0 Å². The molecule has 0 bridgehead atoms. The number of rotatable bonds is 6. The van der Waals surface area contributed by atoms with Gasteiger partial charge in [-0.05, 0) is 63.2 Å². The maximum Gasteiger partial charge on any atom is 0.0452 e. The predicted octanol–water partition coefficient (Wildman–Crippen LogP) is 4.08. The van der Waals surface area contributed by atoms with E-state index in [0.717, 1.165) is 19.0 Å². The van der Waals surface area contributed by atoms with Crippen LogP contribution in [0.15, 0.2) is 18.2 Å². The SMILES string of the molecule is CCCNC(CN1CCCC(C)C1)c1cc(C)ccc1C. The molecule has 0 amide bonds. The third kappa shape index (κ3) is 4.82. The van der Waals surface area contributed by atoms with Crippen molar-refractivity contribution in [1.29, 1.82) is 0 Å². The normalized spacial score (nSPS) is 21.4. The fourth-order valence-electron chi connectivity index (χ4n) is 3.44. The number of likely N-dealkylation sites (tertiary alicyclic amines) is 1. The maximum atomic E-state index is 3.77. The van der Waals surface area contributed by atoms with Gasteiger partial charge in [0.15, 0.2) is 0 Å². The van der Waals surface area contributed by atoms with E-state index in [2.05, 4.69) is 56.1 Å². The van der Waals surface area contributed by atoms with Gasteiger partial charge < -0.3 is 10.2 Å². The quantitative estimate of drug-likeness (QED) is 0.848. The van der Waals surface area contributed by atoms with Crippen molar-refractivity contribution in [2.24, 2.45) is 5.92 Å². The molecule has 0 radical (unpaired) electrons. The second-order valence-corrected chi connectivity index (χ2v) is 6.87. The Bertz CT molecular complexity index is 441. The van der Waals surface area contributed by atoms with Gasteiger partial charge in [0.1, 0.15) is 0 Å². The summed E-state index contributed by atoms with van der Waals surface area (Å²) < 4.78 is 0. The number of hydrogen-bond acceptors (Lipinski definition) is 2. The highest BCUT2D eigenvalue weighted by atomic mass is 15.2. The summed E-state index contributed by atoms with van der Waals surface area (Å²) in [6, 6.07) is 7.33. The van der Waals surface area contributed by atoms with Crippen molar-refractivity contribution in [3.63, 3.8) is 0 Å². The van der Waals surface area contributed by atoms with Gasteiger partial charge in [0.05, 0.1) is 0 Å². The number of benzene rings is 1. The Labute approximate surface area is 130 Å². The second kappa shape index (κ2) is 7.95. The molecule has 0 aromatic heterocycles. The zero-order chi connectivity index (χ0) is 15.2. The summed E-state index contributed by atoms with van der Waals surface area (Å²) in [6.45, 7) is 13.8. The van der Waals surface area contributed by atoms with Crippen LogP contribution in [0.1, 0.15) is 55.8 Å². The molecular weight excluding hydrogens is 256 g/mol. The molecule has 0 saturated carbocycles. The van der Waals surface area contributed by atoms with Crippen molar-refractivity contribution < 1.29 is 0 Å². The van der Waals surface area contributed by atoms with Crippen LogP contribution in [0.5, 0.6) is 0 Å². The highest BCUT2D eigenvalue weighted by Gasteiger charge is 2.21. The Morgan fingerprint density at radius 3 is 2.86 bits per heavy atom. The van der Waals surface area contributed by atoms with Crippen LogP contribution in [-0.4, -0.2) is 31.1 Å². The van der Waals surface area contributed by atoms with Crippen molar-refractivity contribution in [2.45, 2.75) is 53.0 Å². The molecular formula is C19H32N2. The molecule has 1 heterocycles. The van der Waals surface area contributed by atoms with E-state index in [1.54, 1.807) is 0 Å². The third-order valence-electron chi connectivity index (χ3n) is 4.63. The van der Waals surface area contributed by atoms with Crippen LogP contribution in [0.3, 0.4) is 0 Å². The van der Waals surface area contributed by atoms with E-state index in [9.17, 15) is 0 Å². The van der Waals surface area contributed by atoms with Crippen LogP contribution >= 0.6 is 0 Å². The molecule has 0 spiro atoms. The van der Waals surface area contributed by atoms with Crippen LogP contribution in [0.25, 0.3) is 0 Å². The lowest BCUT2D eigenvalue weighted by Gasteiger charge is -2.34. The molecule has 1 saturated heterocycles. The van der Waals surface area contributed by atoms with Crippen LogP contribution in [0.4, 0.5) is 0 Å². The van der Waals surface area contributed by atoms with Crippen LogP contribution in [-0.2, 0) is 0 Å². The van der Waals surface area contributed by atoms with Crippen LogP contribution in [0, 0.1) is 19.8 Å². The Morgan fingerprint density at radius 2 is 2.14 bits per heavy atom. The first kappa shape index (κ1) is 16.5. The summed E-state index contributed by atoms with van der Waals surface area (Å²) in [5, 5.41) is 3.77. The van der Waals surface area contributed by atoms with E-state index in [4.69, 9.17) is 0 Å². The molecule has 2 nitrogen and oxygen atoms in total. The van der Waals surface area contributed by atoms with E-state index in [1.165, 1.54) is 49.0 Å². The molecule has 2 heteroatoms. The summed E-state index contributed by atoms with van der Waals surface area (Å²) in [7, 11) is 0. The van der Waals surface area contributed by atoms with Crippen molar-refractivity contribution >= 4 is 0 Å². The lowest BCUT2D eigenvalue weighted by Crippen LogP contribution is -2.41. The number of nitrogens with one attached hydrogen (secondary N) is 1. The van der Waals surface area contributed by atoms with Gasteiger partial charge >= 0.3 is 0 Å². The van der Waals surface area contributed by atoms with E-state index >= 15 is 0 Å². The average Bonchev–Trinajstić information content (AvgIpc) is 2.46. The zero-order valence-electron chi connectivity index (χ0n) is 14.3. The highest BCUT2D eigenvalue weighted by molar-refractivity contribution is 5.33. The zero-order valence-corrected chi connectivity index (χ0v) is 14.3. The molecule has 1 aliphatic rings. The lowest BCUT2D eigenvalue weighted by atomic mass is 9.96. The Morgan fingerprint density at radius 1 is 1.33 bits per heavy atom. The maximum absolute atomic E-state index is 3.77. The predicted molar refractivity (Wildman–Crippen MR) is 91.8 cm³/mol. The fraction of sp³-hybridized carbons (Fsp3) is 0.684. The minimum absolute atomic E-state index is 0.468. The number of nitrogens with zero attached hydrogens (tertiary/aromatic N) is 1. The monoisotopic (exact) mass is 288 g/mol. The summed E-state index contributed by atoms with van der Waals surface area (Å²) in [5.74, 6) is 0.851. The molecule has 1 aromatic carbocycles. The highest BCUT2D eigenvalue weighted by Crippen LogP contribution is 2.23. The van der Waals surface area contributed by atoms with Crippen molar-refractivity contribution in [1.82, 2.24) is 10.2 Å². The molecule has 1 N–H and O–H groups in total. The first-order valence-electron chi connectivity index (χ1n) is 8.63. The molecule has 2 rings (SSSR count). The number of piperidine rings is 1. The lowest BCUT2D eigenvalue weighted by molar-refractivity contribution is 0.167. The average molecular weight is 288 g/mol. The Hall–Kier alpha value is -0.860. The van der Waals surface area contributed by atoms with Gasteiger partial charge in [0, 0.05) is 19.1 Å². The van der Waals surface area contributed by atoms with Crippen LogP contribution in [0.2, 0.25) is 0 Å². The van der Waals surface area contributed by atoms with Gasteiger partial charge in [0.2, 0.25) is 0 Å². The molecule has 1 aliphatic heterocycles. The first-order valence-corrected chi connectivity index (χ1v) is 8.63.